The summed E-state index contributed by atoms with van der Waals surface area (Å²) in [6.07, 6.45) is 0.599. The van der Waals surface area contributed by atoms with Crippen molar-refractivity contribution in [2.24, 2.45) is 4.99 Å². The van der Waals surface area contributed by atoms with E-state index in [0.29, 0.717) is 22.9 Å². The van der Waals surface area contributed by atoms with Crippen molar-refractivity contribution in [3.63, 3.8) is 0 Å². The highest BCUT2D eigenvalue weighted by Crippen LogP contribution is 2.44. The number of esters is 1. The van der Waals surface area contributed by atoms with Crippen molar-refractivity contribution < 1.29 is 14.3 Å². The van der Waals surface area contributed by atoms with Crippen molar-refractivity contribution in [3.05, 3.63) is 81.5 Å². The van der Waals surface area contributed by atoms with Crippen LogP contribution in [0.25, 0.3) is 0 Å². The van der Waals surface area contributed by atoms with Gasteiger partial charge in [0.25, 0.3) is 0 Å². The Hall–Kier alpha value is -2.38. The van der Waals surface area contributed by atoms with Crippen LogP contribution in [0, 0.1) is 0 Å². The quantitative estimate of drug-likeness (QED) is 0.567. The third-order valence-corrected chi connectivity index (χ3v) is 6.78. The maximum atomic E-state index is 13.5. The number of allylic oxidation sites excluding steroid dienone is 1. The number of nitrogens with zero attached hydrogens (tertiary/aromatic N) is 2. The number of hydrogen-bond donors (Lipinski definition) is 0. The summed E-state index contributed by atoms with van der Waals surface area (Å²) in [6.45, 7) is 3.84. The van der Waals surface area contributed by atoms with Crippen LogP contribution < -0.4 is 0 Å². The molecule has 2 heterocycles. The third-order valence-electron chi connectivity index (χ3n) is 5.10. The van der Waals surface area contributed by atoms with Gasteiger partial charge in [-0.25, -0.2) is 9.79 Å². The Labute approximate surface area is 188 Å². The number of thioether (sulfide) groups is 1. The van der Waals surface area contributed by atoms with Crippen LogP contribution in [0.3, 0.4) is 0 Å². The van der Waals surface area contributed by atoms with Crippen molar-refractivity contribution in [2.75, 3.05) is 6.61 Å². The molecule has 7 heteroatoms. The second-order valence-electron chi connectivity index (χ2n) is 7.07. The molecule has 2 aromatic carbocycles. The Morgan fingerprint density at radius 2 is 1.87 bits per heavy atom. The van der Waals surface area contributed by atoms with E-state index in [4.69, 9.17) is 4.74 Å². The Balaban J connectivity index is 1.71. The first kappa shape index (κ1) is 20.9. The van der Waals surface area contributed by atoms with E-state index in [0.717, 1.165) is 15.6 Å². The molecule has 0 spiro atoms. The highest BCUT2D eigenvalue weighted by atomic mass is 79.9. The zero-order chi connectivity index (χ0) is 21.3. The molecule has 0 aliphatic carbocycles. The predicted molar refractivity (Wildman–Crippen MR) is 122 cm³/mol. The van der Waals surface area contributed by atoms with Crippen LogP contribution in [0.4, 0.5) is 0 Å². The molecule has 1 amide bonds. The lowest BCUT2D eigenvalue weighted by Gasteiger charge is -2.33. The minimum absolute atomic E-state index is 0.0372. The number of benzene rings is 2. The van der Waals surface area contributed by atoms with Gasteiger partial charge in [-0.2, -0.15) is 0 Å². The molecular formula is C23H21BrN2O3S. The number of carbonyl (C=O) groups is 2. The summed E-state index contributed by atoms with van der Waals surface area (Å²) in [5.41, 5.74) is 2.96. The monoisotopic (exact) mass is 484 g/mol. The Morgan fingerprint density at radius 1 is 1.17 bits per heavy atom. The molecule has 1 saturated heterocycles. The molecule has 1 fully saturated rings. The van der Waals surface area contributed by atoms with E-state index >= 15 is 0 Å². The smallest absolute Gasteiger partial charge is 0.338 e. The molecule has 0 aromatic heterocycles. The van der Waals surface area contributed by atoms with Crippen LogP contribution in [-0.2, 0) is 20.7 Å². The Kier molecular flexibility index (Phi) is 6.11. The molecule has 154 valence electrons. The van der Waals surface area contributed by atoms with Gasteiger partial charge in [-0.15, -0.1) is 0 Å². The molecule has 0 N–H and O–H groups in total. The van der Waals surface area contributed by atoms with Crippen LogP contribution in [0.2, 0.25) is 0 Å². The number of aliphatic imine (C=N–C) groups is 1. The van der Waals surface area contributed by atoms with Gasteiger partial charge in [0.1, 0.15) is 0 Å². The first-order valence-corrected chi connectivity index (χ1v) is 11.4. The number of hydrogen-bond acceptors (Lipinski definition) is 5. The standard InChI is InChI=1S/C23H21BrN2O3S/c1-3-29-22(28)19-14(2)25-23-26(20(19)16-7-5-4-6-8-16)21(27)18(30-23)13-15-9-11-17(24)12-10-15/h4-12,18,20H,3,13H2,1-2H3/t18-,20+/m1/s1. The molecule has 2 atom stereocenters. The number of fused-ring (bicyclic) bond motifs is 1. The number of rotatable bonds is 5. The minimum atomic E-state index is -0.535. The summed E-state index contributed by atoms with van der Waals surface area (Å²) in [6, 6.07) is 17.0. The summed E-state index contributed by atoms with van der Waals surface area (Å²) in [7, 11) is 0. The van der Waals surface area contributed by atoms with Crippen LogP contribution in [0.1, 0.15) is 31.0 Å². The lowest BCUT2D eigenvalue weighted by Crippen LogP contribution is -2.41. The van der Waals surface area contributed by atoms with Gasteiger partial charge < -0.3 is 4.74 Å². The minimum Gasteiger partial charge on any atom is -0.463 e. The van der Waals surface area contributed by atoms with Crippen LogP contribution in [0.5, 0.6) is 0 Å². The summed E-state index contributed by atoms with van der Waals surface area (Å²) >= 11 is 4.90. The van der Waals surface area contributed by atoms with Crippen LogP contribution >= 0.6 is 27.7 Å². The molecule has 0 radical (unpaired) electrons. The maximum Gasteiger partial charge on any atom is 0.338 e. The molecule has 2 aliphatic rings. The van der Waals surface area contributed by atoms with Crippen LogP contribution in [0.15, 0.2) is 75.3 Å². The summed E-state index contributed by atoms with van der Waals surface area (Å²) in [5.74, 6) is -0.467. The summed E-state index contributed by atoms with van der Waals surface area (Å²) in [5, 5.41) is 0.354. The fourth-order valence-corrected chi connectivity index (χ4v) is 5.22. The van der Waals surface area contributed by atoms with E-state index in [9.17, 15) is 9.59 Å². The molecule has 2 aliphatic heterocycles. The Bertz CT molecular complexity index is 1030. The van der Waals surface area contributed by atoms with E-state index in [2.05, 4.69) is 20.9 Å². The maximum absolute atomic E-state index is 13.5. The zero-order valence-electron chi connectivity index (χ0n) is 16.7. The van der Waals surface area contributed by atoms with Gasteiger partial charge in [0, 0.05) is 4.47 Å². The fraction of sp³-hybridized carbons (Fsp3) is 0.261. The predicted octanol–water partition coefficient (Wildman–Crippen LogP) is 4.88. The highest BCUT2D eigenvalue weighted by Gasteiger charge is 2.47. The van der Waals surface area contributed by atoms with E-state index in [1.165, 1.54) is 11.8 Å². The zero-order valence-corrected chi connectivity index (χ0v) is 19.1. The van der Waals surface area contributed by atoms with Crippen molar-refractivity contribution in [1.82, 2.24) is 4.90 Å². The van der Waals surface area contributed by atoms with E-state index in [-0.39, 0.29) is 17.8 Å². The molecule has 2 aromatic rings. The van der Waals surface area contributed by atoms with Crippen molar-refractivity contribution in [2.45, 2.75) is 31.6 Å². The van der Waals surface area contributed by atoms with E-state index in [1.807, 2.05) is 54.6 Å². The summed E-state index contributed by atoms with van der Waals surface area (Å²) in [4.78, 5) is 32.5. The Morgan fingerprint density at radius 3 is 2.53 bits per heavy atom. The first-order chi connectivity index (χ1) is 14.5. The van der Waals surface area contributed by atoms with Gasteiger partial charge in [-0.05, 0) is 43.5 Å². The van der Waals surface area contributed by atoms with E-state index < -0.39 is 12.0 Å². The number of amides is 1. The second-order valence-corrected chi connectivity index (χ2v) is 9.16. The molecule has 5 nitrogen and oxygen atoms in total. The lowest BCUT2D eigenvalue weighted by atomic mass is 9.94. The van der Waals surface area contributed by atoms with Gasteiger partial charge in [0.2, 0.25) is 5.91 Å². The molecule has 0 unspecified atom stereocenters. The summed E-state index contributed by atoms with van der Waals surface area (Å²) < 4.78 is 6.31. The normalized spacial score (nSPS) is 20.8. The fourth-order valence-electron chi connectivity index (χ4n) is 3.72. The average Bonchev–Trinajstić information content (AvgIpc) is 3.04. The number of ether oxygens (including phenoxy) is 1. The number of amidine groups is 1. The number of carbonyl (C=O) groups excluding carboxylic acids is 2. The van der Waals surface area contributed by atoms with Crippen molar-refractivity contribution >= 4 is 44.7 Å². The number of halogens is 1. The van der Waals surface area contributed by atoms with Gasteiger partial charge in [0.15, 0.2) is 5.17 Å². The van der Waals surface area contributed by atoms with Crippen LogP contribution in [-0.4, -0.2) is 33.8 Å². The topological polar surface area (TPSA) is 59.0 Å². The first-order valence-electron chi connectivity index (χ1n) is 9.75. The molecule has 4 rings (SSSR count). The van der Waals surface area contributed by atoms with Gasteiger partial charge in [0.05, 0.1) is 29.2 Å². The highest BCUT2D eigenvalue weighted by molar-refractivity contribution is 9.10. The van der Waals surface area contributed by atoms with E-state index in [1.54, 1.807) is 18.7 Å². The third kappa shape index (κ3) is 3.96. The molecule has 0 saturated carbocycles. The van der Waals surface area contributed by atoms with Gasteiger partial charge in [-0.3, -0.25) is 9.69 Å². The van der Waals surface area contributed by atoms with Gasteiger partial charge in [-0.1, -0.05) is 70.2 Å². The largest absolute Gasteiger partial charge is 0.463 e. The average molecular weight is 485 g/mol. The molecule has 0 bridgehead atoms. The van der Waals surface area contributed by atoms with Crippen molar-refractivity contribution in [1.29, 1.82) is 0 Å². The molecule has 30 heavy (non-hydrogen) atoms. The van der Waals surface area contributed by atoms with Gasteiger partial charge >= 0.3 is 5.97 Å². The second kappa shape index (κ2) is 8.78. The molecular weight excluding hydrogens is 464 g/mol. The SMILES string of the molecule is CCOC(=O)C1=C(C)N=C2S[C@H](Cc3ccc(Br)cc3)C(=O)N2[C@H]1c1ccccc1. The van der Waals surface area contributed by atoms with Crippen molar-refractivity contribution in [3.8, 4) is 0 Å². The lowest BCUT2D eigenvalue weighted by molar-refractivity contribution is -0.139.